The molecule has 2 rings (SSSR count). The van der Waals surface area contributed by atoms with Crippen molar-refractivity contribution in [2.24, 2.45) is 0 Å². The molecular weight excluding hydrogens is 260 g/mol. The second kappa shape index (κ2) is 7.23. The van der Waals surface area contributed by atoms with Crippen molar-refractivity contribution in [3.63, 3.8) is 0 Å². The molecule has 1 aromatic rings. The van der Waals surface area contributed by atoms with Crippen LogP contribution in [-0.4, -0.2) is 41.3 Å². The van der Waals surface area contributed by atoms with Crippen LogP contribution in [0, 0.1) is 0 Å². The SMILES string of the molecule is CCNC(=O)N1CCCCC[C@H]1c1noc(COC)n1. The predicted molar refractivity (Wildman–Crippen MR) is 72.0 cm³/mol. The van der Waals surface area contributed by atoms with Gasteiger partial charge in [0.05, 0.1) is 6.04 Å². The summed E-state index contributed by atoms with van der Waals surface area (Å²) in [6.07, 6.45) is 4.06. The zero-order valence-electron chi connectivity index (χ0n) is 12.1. The first-order valence-corrected chi connectivity index (χ1v) is 7.12. The van der Waals surface area contributed by atoms with Gasteiger partial charge in [0.2, 0.25) is 0 Å². The lowest BCUT2D eigenvalue weighted by atomic mass is 10.1. The van der Waals surface area contributed by atoms with Crippen molar-refractivity contribution >= 4 is 6.03 Å². The molecule has 0 aromatic carbocycles. The highest BCUT2D eigenvalue weighted by molar-refractivity contribution is 5.74. The average molecular weight is 282 g/mol. The van der Waals surface area contributed by atoms with E-state index >= 15 is 0 Å². The zero-order valence-corrected chi connectivity index (χ0v) is 12.1. The molecule has 1 saturated heterocycles. The molecule has 0 saturated carbocycles. The molecule has 1 fully saturated rings. The summed E-state index contributed by atoms with van der Waals surface area (Å²) in [5.74, 6) is 1.02. The lowest BCUT2D eigenvalue weighted by Crippen LogP contribution is -2.42. The summed E-state index contributed by atoms with van der Waals surface area (Å²) >= 11 is 0. The van der Waals surface area contributed by atoms with Gasteiger partial charge in [-0.1, -0.05) is 18.0 Å². The summed E-state index contributed by atoms with van der Waals surface area (Å²) < 4.78 is 10.1. The number of nitrogens with zero attached hydrogens (tertiary/aromatic N) is 3. The Labute approximate surface area is 118 Å². The van der Waals surface area contributed by atoms with Crippen LogP contribution < -0.4 is 5.32 Å². The molecule has 20 heavy (non-hydrogen) atoms. The van der Waals surface area contributed by atoms with Gasteiger partial charge in [0.15, 0.2) is 5.82 Å². The largest absolute Gasteiger partial charge is 0.375 e. The van der Waals surface area contributed by atoms with Crippen molar-refractivity contribution in [1.82, 2.24) is 20.4 Å². The monoisotopic (exact) mass is 282 g/mol. The molecule has 7 nitrogen and oxygen atoms in total. The Morgan fingerprint density at radius 1 is 1.50 bits per heavy atom. The highest BCUT2D eigenvalue weighted by atomic mass is 16.5. The lowest BCUT2D eigenvalue weighted by molar-refractivity contribution is 0.151. The highest BCUT2D eigenvalue weighted by Gasteiger charge is 2.30. The van der Waals surface area contributed by atoms with E-state index in [4.69, 9.17) is 9.26 Å². The van der Waals surface area contributed by atoms with E-state index in [1.165, 1.54) is 0 Å². The summed E-state index contributed by atoms with van der Waals surface area (Å²) in [4.78, 5) is 18.3. The van der Waals surface area contributed by atoms with Crippen LogP contribution in [0.25, 0.3) is 0 Å². The van der Waals surface area contributed by atoms with Crippen molar-refractivity contribution in [2.75, 3.05) is 20.2 Å². The van der Waals surface area contributed by atoms with Crippen LogP contribution in [0.5, 0.6) is 0 Å². The number of carbonyl (C=O) groups is 1. The van der Waals surface area contributed by atoms with Gasteiger partial charge in [-0.05, 0) is 19.8 Å². The summed E-state index contributed by atoms with van der Waals surface area (Å²) in [6, 6.07) is -0.170. The minimum atomic E-state index is -0.113. The fraction of sp³-hybridized carbons (Fsp3) is 0.769. The Morgan fingerprint density at radius 2 is 2.35 bits per heavy atom. The number of likely N-dealkylation sites (tertiary alicyclic amines) is 1. The normalized spacial score (nSPS) is 19.7. The van der Waals surface area contributed by atoms with Crippen LogP contribution in [0.1, 0.15) is 50.4 Å². The highest BCUT2D eigenvalue weighted by Crippen LogP contribution is 2.28. The van der Waals surface area contributed by atoms with Gasteiger partial charge >= 0.3 is 6.03 Å². The minimum Gasteiger partial charge on any atom is -0.375 e. The first-order valence-electron chi connectivity index (χ1n) is 7.12. The number of rotatable bonds is 4. The van der Waals surface area contributed by atoms with Gasteiger partial charge in [0.25, 0.3) is 5.89 Å². The third-order valence-electron chi connectivity index (χ3n) is 3.39. The molecule has 0 aliphatic carbocycles. The van der Waals surface area contributed by atoms with Crippen LogP contribution in [-0.2, 0) is 11.3 Å². The van der Waals surface area contributed by atoms with E-state index in [1.807, 2.05) is 11.8 Å². The molecule has 7 heteroatoms. The third kappa shape index (κ3) is 3.47. The average Bonchev–Trinajstić information content (AvgIpc) is 2.75. The molecule has 112 valence electrons. The fourth-order valence-electron chi connectivity index (χ4n) is 2.46. The van der Waals surface area contributed by atoms with Crippen molar-refractivity contribution in [3.05, 3.63) is 11.7 Å². The molecule has 0 radical (unpaired) electrons. The number of methoxy groups -OCH3 is 1. The van der Waals surface area contributed by atoms with Gasteiger partial charge in [-0.15, -0.1) is 0 Å². The molecule has 1 aliphatic heterocycles. The van der Waals surface area contributed by atoms with Crippen LogP contribution >= 0.6 is 0 Å². The lowest BCUT2D eigenvalue weighted by Gasteiger charge is -2.27. The van der Waals surface area contributed by atoms with Crippen LogP contribution in [0.15, 0.2) is 4.52 Å². The number of nitrogens with one attached hydrogen (secondary N) is 1. The predicted octanol–water partition coefficient (Wildman–Crippen LogP) is 1.86. The molecule has 0 unspecified atom stereocenters. The van der Waals surface area contributed by atoms with E-state index < -0.39 is 0 Å². The second-order valence-electron chi connectivity index (χ2n) is 4.87. The van der Waals surface area contributed by atoms with Crippen LogP contribution in [0.4, 0.5) is 4.79 Å². The molecule has 1 atom stereocenters. The smallest absolute Gasteiger partial charge is 0.318 e. The Hall–Kier alpha value is -1.63. The van der Waals surface area contributed by atoms with Gasteiger partial charge in [0.1, 0.15) is 6.61 Å². The maximum atomic E-state index is 12.2. The number of hydrogen-bond acceptors (Lipinski definition) is 5. The summed E-state index contributed by atoms with van der Waals surface area (Å²) in [7, 11) is 1.58. The van der Waals surface area contributed by atoms with Gasteiger partial charge in [-0.2, -0.15) is 4.98 Å². The first kappa shape index (κ1) is 14.8. The molecule has 1 aliphatic rings. The van der Waals surface area contributed by atoms with Gasteiger partial charge in [-0.25, -0.2) is 4.79 Å². The summed E-state index contributed by atoms with van der Waals surface area (Å²) in [5.41, 5.74) is 0. The zero-order chi connectivity index (χ0) is 14.4. The van der Waals surface area contributed by atoms with E-state index in [-0.39, 0.29) is 12.1 Å². The van der Waals surface area contributed by atoms with Crippen LogP contribution in [0.2, 0.25) is 0 Å². The summed E-state index contributed by atoms with van der Waals surface area (Å²) in [5, 5.41) is 6.86. The minimum absolute atomic E-state index is 0.0579. The Morgan fingerprint density at radius 3 is 3.10 bits per heavy atom. The number of ether oxygens (including phenoxy) is 1. The van der Waals surface area contributed by atoms with E-state index in [2.05, 4.69) is 15.5 Å². The van der Waals surface area contributed by atoms with Crippen molar-refractivity contribution < 1.29 is 14.1 Å². The maximum Gasteiger partial charge on any atom is 0.318 e. The molecule has 2 heterocycles. The van der Waals surface area contributed by atoms with Gasteiger partial charge < -0.3 is 19.5 Å². The first-order chi connectivity index (χ1) is 9.76. The molecular formula is C13H22N4O3. The standard InChI is InChI=1S/C13H22N4O3/c1-3-14-13(18)17-8-6-4-5-7-10(17)12-15-11(9-19-2)20-16-12/h10H,3-9H2,1-2H3,(H,14,18)/t10-/m0/s1. The molecule has 0 bridgehead atoms. The van der Waals surface area contributed by atoms with Gasteiger partial charge in [0, 0.05) is 20.2 Å². The Bertz CT molecular complexity index is 435. The van der Waals surface area contributed by atoms with Crippen molar-refractivity contribution in [1.29, 1.82) is 0 Å². The number of amides is 2. The molecule has 2 amide bonds. The molecule has 1 N–H and O–H groups in total. The number of carbonyl (C=O) groups excluding carboxylic acids is 1. The van der Waals surface area contributed by atoms with Crippen molar-refractivity contribution in [2.45, 2.75) is 45.3 Å². The maximum absolute atomic E-state index is 12.2. The molecule has 0 spiro atoms. The fourth-order valence-corrected chi connectivity index (χ4v) is 2.46. The van der Waals surface area contributed by atoms with Crippen molar-refractivity contribution in [3.8, 4) is 0 Å². The topological polar surface area (TPSA) is 80.5 Å². The quantitative estimate of drug-likeness (QED) is 0.911. The summed E-state index contributed by atoms with van der Waals surface area (Å²) in [6.45, 7) is 3.55. The number of hydrogen-bond donors (Lipinski definition) is 1. The van der Waals surface area contributed by atoms with E-state index in [0.717, 1.165) is 32.2 Å². The third-order valence-corrected chi connectivity index (χ3v) is 3.39. The second-order valence-corrected chi connectivity index (χ2v) is 4.87. The van der Waals surface area contributed by atoms with Gasteiger partial charge in [-0.3, -0.25) is 0 Å². The van der Waals surface area contributed by atoms with E-state index in [0.29, 0.717) is 24.9 Å². The van der Waals surface area contributed by atoms with E-state index in [1.54, 1.807) is 7.11 Å². The Balaban J connectivity index is 2.16. The number of aromatic nitrogens is 2. The number of urea groups is 1. The Kier molecular flexibility index (Phi) is 5.34. The van der Waals surface area contributed by atoms with Crippen LogP contribution in [0.3, 0.4) is 0 Å². The van der Waals surface area contributed by atoms with E-state index in [9.17, 15) is 4.79 Å². The molecule has 1 aromatic heterocycles.